The second kappa shape index (κ2) is 5.44. The van der Waals surface area contributed by atoms with Gasteiger partial charge in [-0.3, -0.25) is 0 Å². The summed E-state index contributed by atoms with van der Waals surface area (Å²) in [5.41, 5.74) is 0. The summed E-state index contributed by atoms with van der Waals surface area (Å²) in [5.74, 6) is 0. The van der Waals surface area contributed by atoms with Gasteiger partial charge in [0.05, 0.1) is 0 Å². The third-order valence-electron chi connectivity index (χ3n) is 0. The van der Waals surface area contributed by atoms with Crippen LogP contribution in [0.1, 0.15) is 0 Å². The first-order valence-electron chi connectivity index (χ1n) is 2.07. The topological polar surface area (TPSA) is 0 Å². The van der Waals surface area contributed by atoms with Crippen LogP contribution in [0.15, 0.2) is 0 Å². The normalized spacial score (nSPS) is 9.86. The van der Waals surface area contributed by atoms with Crippen molar-refractivity contribution in [2.75, 3.05) is 0 Å². The van der Waals surface area contributed by atoms with Gasteiger partial charge < -0.3 is 0 Å². The molecule has 0 aromatic carbocycles. The van der Waals surface area contributed by atoms with Gasteiger partial charge in [0.2, 0.25) is 0 Å². The van der Waals surface area contributed by atoms with E-state index in [4.69, 9.17) is 33.2 Å². The Morgan fingerprint density at radius 1 is 1.14 bits per heavy atom. The van der Waals surface area contributed by atoms with E-state index in [1.807, 2.05) is 0 Å². The van der Waals surface area contributed by atoms with Gasteiger partial charge in [-0.1, -0.05) is 6.55 Å². The second-order valence-corrected chi connectivity index (χ2v) is 10.9. The van der Waals surface area contributed by atoms with E-state index >= 15 is 0 Å². The molecule has 0 atom stereocenters. The van der Waals surface area contributed by atoms with E-state index in [2.05, 4.69) is 6.55 Å². The van der Waals surface area contributed by atoms with Crippen molar-refractivity contribution in [3.05, 3.63) is 0 Å². The first-order valence-corrected chi connectivity index (χ1v) is 9.60. The Balaban J connectivity index is 0. The van der Waals surface area contributed by atoms with E-state index in [1.165, 1.54) is 10.2 Å². The van der Waals surface area contributed by atoms with Gasteiger partial charge in [-0.15, -0.1) is 33.2 Å². The summed E-state index contributed by atoms with van der Waals surface area (Å²) < 4.78 is 0. The van der Waals surface area contributed by atoms with E-state index in [-0.39, 0.29) is 0 Å². The molecule has 0 heterocycles. The van der Waals surface area contributed by atoms with Crippen molar-refractivity contribution in [1.29, 1.82) is 0 Å². The zero-order valence-electron chi connectivity index (χ0n) is 4.63. The molecule has 5 heteroatoms. The SMILES string of the molecule is C[SiH3].C[Si](Cl)(Cl)Cl. The summed E-state index contributed by atoms with van der Waals surface area (Å²) >= 11 is 15.6. The van der Waals surface area contributed by atoms with Crippen LogP contribution >= 0.6 is 33.2 Å². The predicted molar refractivity (Wildman–Crippen MR) is 45.0 cm³/mol. The van der Waals surface area contributed by atoms with Crippen LogP contribution in [0.2, 0.25) is 13.1 Å². The lowest BCUT2D eigenvalue weighted by Crippen LogP contribution is -1.97. The maximum absolute atomic E-state index is 5.20. The largest absolute Gasteiger partial charge is 0.338 e. The third-order valence-corrected chi connectivity index (χ3v) is 0. The van der Waals surface area contributed by atoms with Gasteiger partial charge in [-0.2, -0.15) is 0 Å². The van der Waals surface area contributed by atoms with Crippen LogP contribution in [-0.4, -0.2) is 16.2 Å². The summed E-state index contributed by atoms with van der Waals surface area (Å²) in [5, 5.41) is 0. The van der Waals surface area contributed by atoms with E-state index in [9.17, 15) is 0 Å². The molecule has 0 fully saturated rings. The van der Waals surface area contributed by atoms with Gasteiger partial charge in [-0.05, 0) is 16.8 Å². The Kier molecular flexibility index (Phi) is 8.66. The zero-order valence-corrected chi connectivity index (χ0v) is 9.90. The quantitative estimate of drug-likeness (QED) is 0.408. The van der Waals surface area contributed by atoms with Gasteiger partial charge >= 0.3 is 6.00 Å². The fraction of sp³-hybridized carbons (Fsp3) is 1.00. The van der Waals surface area contributed by atoms with Crippen LogP contribution in [0.5, 0.6) is 0 Å². The molecule has 7 heavy (non-hydrogen) atoms. The number of hydrogen-bond donors (Lipinski definition) is 0. The monoisotopic (exact) mass is 194 g/mol. The molecule has 0 unspecified atom stereocenters. The number of rotatable bonds is 0. The second-order valence-electron chi connectivity index (χ2n) is 0.781. The van der Waals surface area contributed by atoms with Crippen molar-refractivity contribution < 1.29 is 0 Å². The Morgan fingerprint density at radius 3 is 1.14 bits per heavy atom. The maximum atomic E-state index is 5.20. The Bertz CT molecular complexity index is 26.4. The minimum Gasteiger partial charge on any atom is -0.126 e. The maximum Gasteiger partial charge on any atom is 0.338 e. The molecule has 0 nitrogen and oxygen atoms in total. The minimum atomic E-state index is -2.19. The molecule has 0 amide bonds. The van der Waals surface area contributed by atoms with Gasteiger partial charge in [0.15, 0.2) is 0 Å². The first kappa shape index (κ1) is 11.1. The highest BCUT2D eigenvalue weighted by molar-refractivity contribution is 7.64. The van der Waals surface area contributed by atoms with Crippen LogP contribution in [0.4, 0.5) is 0 Å². The molecule has 0 rings (SSSR count). The molecule has 0 saturated carbocycles. The standard InChI is InChI=1S/CH3Cl3Si.CH6Si/c1-5(2,3)4;1-2/h1H3;1-2H3. The van der Waals surface area contributed by atoms with Crippen molar-refractivity contribution in [3.63, 3.8) is 0 Å². The predicted octanol–water partition coefficient (Wildman–Crippen LogP) is 1.67. The molecule has 0 saturated heterocycles. The fourth-order valence-electron chi connectivity index (χ4n) is 0. The van der Waals surface area contributed by atoms with Gasteiger partial charge in [0.1, 0.15) is 0 Å². The first-order chi connectivity index (χ1) is 3.00. The highest BCUT2D eigenvalue weighted by Gasteiger charge is 2.13. The van der Waals surface area contributed by atoms with Gasteiger partial charge in [-0.25, -0.2) is 0 Å². The van der Waals surface area contributed by atoms with Crippen LogP contribution in [0.25, 0.3) is 0 Å². The van der Waals surface area contributed by atoms with Crippen LogP contribution in [0, 0.1) is 0 Å². The molecule has 0 aliphatic heterocycles. The Hall–Kier alpha value is 1.30. The highest BCUT2D eigenvalue weighted by Crippen LogP contribution is 2.17. The van der Waals surface area contributed by atoms with Crippen molar-refractivity contribution in [3.8, 4) is 0 Å². The van der Waals surface area contributed by atoms with Crippen LogP contribution in [0.3, 0.4) is 0 Å². The molecule has 46 valence electrons. The van der Waals surface area contributed by atoms with Crippen molar-refractivity contribution in [1.82, 2.24) is 0 Å². The molecule has 0 spiro atoms. The van der Waals surface area contributed by atoms with Crippen molar-refractivity contribution in [2.24, 2.45) is 0 Å². The molecule has 0 aromatic heterocycles. The van der Waals surface area contributed by atoms with Crippen molar-refractivity contribution >= 4 is 49.5 Å². The number of halogens is 3. The Labute approximate surface area is 62.7 Å². The molecule has 0 aromatic rings. The summed E-state index contributed by atoms with van der Waals surface area (Å²) in [6.45, 7) is 3.76. The summed E-state index contributed by atoms with van der Waals surface area (Å²) in [6, 6.07) is -2.19. The lowest BCUT2D eigenvalue weighted by Gasteiger charge is -1.89. The smallest absolute Gasteiger partial charge is 0.126 e. The van der Waals surface area contributed by atoms with E-state index in [1.54, 1.807) is 6.55 Å². The van der Waals surface area contributed by atoms with Crippen LogP contribution in [-0.2, 0) is 0 Å². The Morgan fingerprint density at radius 2 is 1.14 bits per heavy atom. The molecular weight excluding hydrogens is 187 g/mol. The molecule has 0 radical (unpaired) electrons. The van der Waals surface area contributed by atoms with Crippen molar-refractivity contribution in [2.45, 2.75) is 13.1 Å². The van der Waals surface area contributed by atoms with Gasteiger partial charge in [0, 0.05) is 0 Å². The highest BCUT2D eigenvalue weighted by atomic mass is 35.8. The average Bonchev–Trinajstić information content (AvgIpc) is 1.36. The third kappa shape index (κ3) is 121. The lowest BCUT2D eigenvalue weighted by molar-refractivity contribution is 2.31. The molecular formula is C2H9Cl3Si2. The average molecular weight is 196 g/mol. The zero-order chi connectivity index (χ0) is 6.50. The minimum absolute atomic E-state index is 1.31. The summed E-state index contributed by atoms with van der Waals surface area (Å²) in [4.78, 5) is 0. The molecule has 0 N–H and O–H groups in total. The van der Waals surface area contributed by atoms with E-state index in [0.717, 1.165) is 0 Å². The molecule has 0 aliphatic carbocycles. The number of hydrogen-bond acceptors (Lipinski definition) is 0. The fourth-order valence-corrected chi connectivity index (χ4v) is 0. The van der Waals surface area contributed by atoms with E-state index in [0.29, 0.717) is 0 Å². The van der Waals surface area contributed by atoms with Crippen LogP contribution < -0.4 is 0 Å². The summed E-state index contributed by atoms with van der Waals surface area (Å²) in [6.07, 6.45) is 0. The van der Waals surface area contributed by atoms with Gasteiger partial charge in [0.25, 0.3) is 0 Å². The lowest BCUT2D eigenvalue weighted by atomic mass is 11.9. The summed E-state index contributed by atoms with van der Waals surface area (Å²) in [7, 11) is 1.31. The van der Waals surface area contributed by atoms with E-state index < -0.39 is 6.00 Å². The molecule has 0 aliphatic rings. The molecule has 0 bridgehead atoms.